The van der Waals surface area contributed by atoms with E-state index in [-0.39, 0.29) is 0 Å². The van der Waals surface area contributed by atoms with Crippen LogP contribution in [0.4, 0.5) is 11.4 Å². The van der Waals surface area contributed by atoms with Crippen LogP contribution < -0.4 is 10.2 Å². The molecule has 0 spiro atoms. The average Bonchev–Trinajstić information content (AvgIpc) is 2.39. The van der Waals surface area contributed by atoms with Crippen LogP contribution >= 0.6 is 11.6 Å². The summed E-state index contributed by atoms with van der Waals surface area (Å²) in [5, 5.41) is 4.25. The molecule has 1 heterocycles. The summed E-state index contributed by atoms with van der Waals surface area (Å²) in [4.78, 5) is 2.40. The molecule has 0 aliphatic carbocycles. The zero-order valence-electron chi connectivity index (χ0n) is 9.26. The monoisotopic (exact) mass is 224 g/mol. The summed E-state index contributed by atoms with van der Waals surface area (Å²) in [5.74, 6) is 0. The Bertz CT molecular complexity index is 349. The molecular weight excluding hydrogens is 208 g/mol. The van der Waals surface area contributed by atoms with Crippen LogP contribution in [0.3, 0.4) is 0 Å². The summed E-state index contributed by atoms with van der Waals surface area (Å²) < 4.78 is 0. The molecule has 2 rings (SSSR count). The number of nitrogens with one attached hydrogen (secondary N) is 1. The zero-order chi connectivity index (χ0) is 10.8. The number of halogens is 1. The fraction of sp³-hybridized carbons (Fsp3) is 0.500. The van der Waals surface area contributed by atoms with E-state index < -0.39 is 0 Å². The molecule has 0 aromatic heterocycles. The van der Waals surface area contributed by atoms with Crippen molar-refractivity contribution in [3.05, 3.63) is 23.2 Å². The SMILES string of the molecule is CC(C)N1CCCNc2ccc(Cl)cc21. The van der Waals surface area contributed by atoms with Gasteiger partial charge in [-0.05, 0) is 38.5 Å². The van der Waals surface area contributed by atoms with Crippen molar-refractivity contribution in [3.63, 3.8) is 0 Å². The molecule has 0 saturated heterocycles. The number of benzene rings is 1. The first-order valence-corrected chi connectivity index (χ1v) is 5.86. The molecule has 1 aromatic rings. The largest absolute Gasteiger partial charge is 0.383 e. The highest BCUT2D eigenvalue weighted by Gasteiger charge is 2.17. The molecule has 15 heavy (non-hydrogen) atoms. The maximum Gasteiger partial charge on any atom is 0.0619 e. The van der Waals surface area contributed by atoms with Gasteiger partial charge in [-0.15, -0.1) is 0 Å². The second kappa shape index (κ2) is 4.31. The second-order valence-electron chi connectivity index (χ2n) is 4.23. The van der Waals surface area contributed by atoms with Crippen molar-refractivity contribution >= 4 is 23.0 Å². The molecule has 0 bridgehead atoms. The molecule has 2 nitrogen and oxygen atoms in total. The lowest BCUT2D eigenvalue weighted by Crippen LogP contribution is -2.31. The van der Waals surface area contributed by atoms with Crippen LogP contribution in [-0.2, 0) is 0 Å². The van der Waals surface area contributed by atoms with Crippen molar-refractivity contribution in [2.45, 2.75) is 26.3 Å². The minimum absolute atomic E-state index is 0.516. The molecule has 82 valence electrons. The number of hydrogen-bond donors (Lipinski definition) is 1. The highest BCUT2D eigenvalue weighted by atomic mass is 35.5. The Balaban J connectivity index is 2.42. The molecule has 0 saturated carbocycles. The van der Waals surface area contributed by atoms with Gasteiger partial charge in [-0.1, -0.05) is 11.6 Å². The van der Waals surface area contributed by atoms with E-state index >= 15 is 0 Å². The van der Waals surface area contributed by atoms with Gasteiger partial charge in [0, 0.05) is 24.2 Å². The van der Waals surface area contributed by atoms with Gasteiger partial charge in [0.15, 0.2) is 0 Å². The predicted molar refractivity (Wildman–Crippen MR) is 67.0 cm³/mol. The molecule has 1 N–H and O–H groups in total. The molecule has 1 aliphatic rings. The Morgan fingerprint density at radius 1 is 1.40 bits per heavy atom. The molecule has 0 fully saturated rings. The first-order valence-electron chi connectivity index (χ1n) is 5.48. The van der Waals surface area contributed by atoms with Gasteiger partial charge >= 0.3 is 0 Å². The van der Waals surface area contributed by atoms with Gasteiger partial charge in [-0.2, -0.15) is 0 Å². The van der Waals surface area contributed by atoms with E-state index in [0.29, 0.717) is 6.04 Å². The standard InChI is InChI=1S/C12H17ClN2/c1-9(2)15-7-3-6-14-11-5-4-10(13)8-12(11)15/h4-5,8-9,14H,3,6-7H2,1-2H3. The van der Waals surface area contributed by atoms with Crippen molar-refractivity contribution in [1.29, 1.82) is 0 Å². The summed E-state index contributed by atoms with van der Waals surface area (Å²) in [6.07, 6.45) is 1.17. The van der Waals surface area contributed by atoms with Crippen LogP contribution in [0.5, 0.6) is 0 Å². The van der Waals surface area contributed by atoms with E-state index in [2.05, 4.69) is 36.2 Å². The van der Waals surface area contributed by atoms with E-state index in [4.69, 9.17) is 11.6 Å². The van der Waals surface area contributed by atoms with Crippen LogP contribution in [-0.4, -0.2) is 19.1 Å². The minimum Gasteiger partial charge on any atom is -0.383 e. The maximum atomic E-state index is 6.05. The Hall–Kier alpha value is -0.890. The second-order valence-corrected chi connectivity index (χ2v) is 4.67. The van der Waals surface area contributed by atoms with Crippen LogP contribution in [0.1, 0.15) is 20.3 Å². The number of hydrogen-bond acceptors (Lipinski definition) is 2. The van der Waals surface area contributed by atoms with Gasteiger partial charge in [0.2, 0.25) is 0 Å². The fourth-order valence-electron chi connectivity index (χ4n) is 2.02. The Morgan fingerprint density at radius 2 is 2.20 bits per heavy atom. The quantitative estimate of drug-likeness (QED) is 0.787. The molecule has 3 heteroatoms. The smallest absolute Gasteiger partial charge is 0.0619 e. The van der Waals surface area contributed by atoms with Crippen molar-refractivity contribution in [3.8, 4) is 0 Å². The van der Waals surface area contributed by atoms with Crippen molar-refractivity contribution in [2.75, 3.05) is 23.3 Å². The molecule has 0 atom stereocenters. The van der Waals surface area contributed by atoms with Crippen molar-refractivity contribution in [1.82, 2.24) is 0 Å². The first-order chi connectivity index (χ1) is 7.18. The first kappa shape index (κ1) is 10.6. The summed E-state index contributed by atoms with van der Waals surface area (Å²) in [6, 6.07) is 6.58. The predicted octanol–water partition coefficient (Wildman–Crippen LogP) is 3.37. The third-order valence-corrected chi connectivity index (χ3v) is 3.02. The van der Waals surface area contributed by atoms with E-state index in [9.17, 15) is 0 Å². The highest BCUT2D eigenvalue weighted by molar-refractivity contribution is 6.31. The minimum atomic E-state index is 0.516. The number of nitrogens with zero attached hydrogens (tertiary/aromatic N) is 1. The summed E-state index contributed by atoms with van der Waals surface area (Å²) in [6.45, 7) is 6.57. The van der Waals surface area contributed by atoms with E-state index in [1.54, 1.807) is 0 Å². The lowest BCUT2D eigenvalue weighted by atomic mass is 10.2. The molecule has 1 aromatic carbocycles. The third-order valence-electron chi connectivity index (χ3n) is 2.78. The summed E-state index contributed by atoms with van der Waals surface area (Å²) in [7, 11) is 0. The number of rotatable bonds is 1. The van der Waals surface area contributed by atoms with Gasteiger partial charge in [0.25, 0.3) is 0 Å². The fourth-order valence-corrected chi connectivity index (χ4v) is 2.19. The Kier molecular flexibility index (Phi) is 3.06. The van der Waals surface area contributed by atoms with Gasteiger partial charge < -0.3 is 10.2 Å². The normalized spacial score (nSPS) is 15.9. The Morgan fingerprint density at radius 3 is 2.93 bits per heavy atom. The van der Waals surface area contributed by atoms with Crippen LogP contribution in [0.25, 0.3) is 0 Å². The number of fused-ring (bicyclic) bond motifs is 1. The lowest BCUT2D eigenvalue weighted by Gasteiger charge is -2.28. The van der Waals surface area contributed by atoms with Crippen LogP contribution in [0.15, 0.2) is 18.2 Å². The van der Waals surface area contributed by atoms with E-state index in [0.717, 1.165) is 18.1 Å². The summed E-state index contributed by atoms with van der Waals surface area (Å²) in [5.41, 5.74) is 2.43. The molecule has 0 amide bonds. The van der Waals surface area contributed by atoms with Crippen LogP contribution in [0, 0.1) is 0 Å². The van der Waals surface area contributed by atoms with E-state index in [1.165, 1.54) is 17.8 Å². The van der Waals surface area contributed by atoms with Gasteiger partial charge in [0.05, 0.1) is 11.4 Å². The van der Waals surface area contributed by atoms with E-state index in [1.807, 2.05) is 6.07 Å². The van der Waals surface area contributed by atoms with Crippen molar-refractivity contribution in [2.24, 2.45) is 0 Å². The molecule has 1 aliphatic heterocycles. The lowest BCUT2D eigenvalue weighted by molar-refractivity contribution is 0.672. The number of anilines is 2. The van der Waals surface area contributed by atoms with Gasteiger partial charge in [0.1, 0.15) is 0 Å². The molecular formula is C12H17ClN2. The average molecular weight is 225 g/mol. The third kappa shape index (κ3) is 2.20. The van der Waals surface area contributed by atoms with Crippen molar-refractivity contribution < 1.29 is 0 Å². The van der Waals surface area contributed by atoms with Gasteiger partial charge in [-0.25, -0.2) is 0 Å². The molecule has 0 radical (unpaired) electrons. The van der Waals surface area contributed by atoms with Crippen LogP contribution in [0.2, 0.25) is 5.02 Å². The highest BCUT2D eigenvalue weighted by Crippen LogP contribution is 2.32. The topological polar surface area (TPSA) is 15.3 Å². The molecule has 0 unspecified atom stereocenters. The van der Waals surface area contributed by atoms with Gasteiger partial charge in [-0.3, -0.25) is 0 Å². The maximum absolute atomic E-state index is 6.05. The Labute approximate surface area is 96.2 Å². The summed E-state index contributed by atoms with van der Waals surface area (Å²) >= 11 is 6.05. The zero-order valence-corrected chi connectivity index (χ0v) is 10.0.